The Morgan fingerprint density at radius 2 is 1.93 bits per heavy atom. The second-order valence-corrected chi connectivity index (χ2v) is 4.45. The summed E-state index contributed by atoms with van der Waals surface area (Å²) in [5.41, 5.74) is 2.90. The fraction of sp³-hybridized carbons (Fsp3) is 0.500. The van der Waals surface area contributed by atoms with Gasteiger partial charge in [0, 0.05) is 25.3 Å². The maximum atomic E-state index is 10.1. The standard InChI is InChI=1S/C12H17NO/c1-9-4-5-11(13(2)3)10(8-9)12(14)6-7-12/h4-5,8,14H,6-7H2,1-3H3. The summed E-state index contributed by atoms with van der Waals surface area (Å²) in [5.74, 6) is 0. The Hall–Kier alpha value is -1.02. The lowest BCUT2D eigenvalue weighted by atomic mass is 10.0. The first-order valence-corrected chi connectivity index (χ1v) is 5.04. The molecule has 1 saturated carbocycles. The molecule has 0 radical (unpaired) electrons. The highest BCUT2D eigenvalue weighted by Crippen LogP contribution is 2.48. The minimum absolute atomic E-state index is 0.536. The van der Waals surface area contributed by atoms with E-state index in [9.17, 15) is 5.11 Å². The maximum Gasteiger partial charge on any atom is 0.0919 e. The van der Waals surface area contributed by atoms with Crippen LogP contribution in [-0.4, -0.2) is 19.2 Å². The lowest BCUT2D eigenvalue weighted by Crippen LogP contribution is -2.16. The summed E-state index contributed by atoms with van der Waals surface area (Å²) in [5, 5.41) is 10.1. The van der Waals surface area contributed by atoms with Gasteiger partial charge in [-0.2, -0.15) is 0 Å². The molecule has 76 valence electrons. The highest BCUT2D eigenvalue weighted by atomic mass is 16.3. The molecule has 14 heavy (non-hydrogen) atoms. The van der Waals surface area contributed by atoms with Crippen molar-refractivity contribution < 1.29 is 5.11 Å². The summed E-state index contributed by atoms with van der Waals surface area (Å²) in [6, 6.07) is 6.27. The number of anilines is 1. The minimum atomic E-state index is -0.536. The van der Waals surface area contributed by atoms with Crippen LogP contribution in [0.1, 0.15) is 24.0 Å². The van der Waals surface area contributed by atoms with E-state index in [0.717, 1.165) is 24.1 Å². The van der Waals surface area contributed by atoms with Crippen molar-refractivity contribution >= 4 is 5.69 Å². The smallest absolute Gasteiger partial charge is 0.0919 e. The van der Waals surface area contributed by atoms with E-state index < -0.39 is 5.60 Å². The number of hydrogen-bond donors (Lipinski definition) is 1. The average Bonchev–Trinajstić information content (AvgIpc) is 2.84. The van der Waals surface area contributed by atoms with Gasteiger partial charge in [-0.1, -0.05) is 17.7 Å². The van der Waals surface area contributed by atoms with Gasteiger partial charge in [0.2, 0.25) is 0 Å². The second-order valence-electron chi connectivity index (χ2n) is 4.45. The van der Waals surface area contributed by atoms with Crippen molar-refractivity contribution in [3.05, 3.63) is 29.3 Å². The first-order chi connectivity index (χ1) is 6.53. The minimum Gasteiger partial charge on any atom is -0.385 e. The first-order valence-electron chi connectivity index (χ1n) is 5.04. The molecule has 0 bridgehead atoms. The summed E-state index contributed by atoms with van der Waals surface area (Å²) in [7, 11) is 4.03. The Kier molecular flexibility index (Phi) is 2.04. The lowest BCUT2D eigenvalue weighted by molar-refractivity contribution is 0.152. The van der Waals surface area contributed by atoms with Crippen LogP contribution in [0.15, 0.2) is 18.2 Å². The predicted octanol–water partition coefficient (Wildman–Crippen LogP) is 2.04. The number of nitrogens with zero attached hydrogens (tertiary/aromatic N) is 1. The summed E-state index contributed by atoms with van der Waals surface area (Å²) in [4.78, 5) is 2.06. The molecule has 1 aliphatic carbocycles. The molecule has 0 aliphatic heterocycles. The fourth-order valence-corrected chi connectivity index (χ4v) is 1.80. The van der Waals surface area contributed by atoms with Gasteiger partial charge >= 0.3 is 0 Å². The third-order valence-corrected chi connectivity index (χ3v) is 2.86. The molecule has 0 heterocycles. The molecule has 2 nitrogen and oxygen atoms in total. The van der Waals surface area contributed by atoms with E-state index in [-0.39, 0.29) is 0 Å². The number of aliphatic hydroxyl groups is 1. The van der Waals surface area contributed by atoms with Gasteiger partial charge in [-0.15, -0.1) is 0 Å². The van der Waals surface area contributed by atoms with Crippen molar-refractivity contribution in [3.63, 3.8) is 0 Å². The first kappa shape index (κ1) is 9.53. The lowest BCUT2D eigenvalue weighted by Gasteiger charge is -2.21. The van der Waals surface area contributed by atoms with Crippen molar-refractivity contribution in [2.45, 2.75) is 25.4 Å². The van der Waals surface area contributed by atoms with Crippen LogP contribution in [0.2, 0.25) is 0 Å². The molecule has 1 aromatic rings. The quantitative estimate of drug-likeness (QED) is 0.773. The second kappa shape index (κ2) is 2.99. The van der Waals surface area contributed by atoms with Gasteiger partial charge in [0.25, 0.3) is 0 Å². The molecule has 2 rings (SSSR count). The molecular formula is C12H17NO. The Morgan fingerprint density at radius 3 is 2.43 bits per heavy atom. The molecule has 1 aliphatic rings. The summed E-state index contributed by atoms with van der Waals surface area (Å²) < 4.78 is 0. The van der Waals surface area contributed by atoms with Gasteiger partial charge in [0.05, 0.1) is 5.60 Å². The zero-order chi connectivity index (χ0) is 10.3. The SMILES string of the molecule is Cc1ccc(N(C)C)c(C2(O)CC2)c1. The van der Waals surface area contributed by atoms with Gasteiger partial charge < -0.3 is 10.0 Å². The van der Waals surface area contributed by atoms with E-state index in [1.807, 2.05) is 14.1 Å². The van der Waals surface area contributed by atoms with E-state index >= 15 is 0 Å². The van der Waals surface area contributed by atoms with Crippen LogP contribution >= 0.6 is 0 Å². The molecule has 0 unspecified atom stereocenters. The van der Waals surface area contributed by atoms with E-state index in [1.54, 1.807) is 0 Å². The number of aryl methyl sites for hydroxylation is 1. The highest BCUT2D eigenvalue weighted by molar-refractivity contribution is 5.57. The summed E-state index contributed by atoms with van der Waals surface area (Å²) >= 11 is 0. The number of benzene rings is 1. The Labute approximate surface area is 85.2 Å². The molecule has 1 N–H and O–H groups in total. The van der Waals surface area contributed by atoms with Crippen LogP contribution in [0.4, 0.5) is 5.69 Å². The molecule has 1 aromatic carbocycles. The Balaban J connectivity index is 2.49. The van der Waals surface area contributed by atoms with Gasteiger partial charge in [-0.25, -0.2) is 0 Å². The van der Waals surface area contributed by atoms with Gasteiger partial charge in [-0.3, -0.25) is 0 Å². The van der Waals surface area contributed by atoms with Gasteiger partial charge in [0.15, 0.2) is 0 Å². The topological polar surface area (TPSA) is 23.5 Å². The van der Waals surface area contributed by atoms with Crippen molar-refractivity contribution in [2.24, 2.45) is 0 Å². The van der Waals surface area contributed by atoms with Crippen molar-refractivity contribution in [1.29, 1.82) is 0 Å². The summed E-state index contributed by atoms with van der Waals surface area (Å²) in [6.45, 7) is 2.06. The normalized spacial score (nSPS) is 18.0. The molecule has 0 saturated heterocycles. The molecule has 0 amide bonds. The van der Waals surface area contributed by atoms with Crippen LogP contribution in [0.25, 0.3) is 0 Å². The van der Waals surface area contributed by atoms with Crippen molar-refractivity contribution in [1.82, 2.24) is 0 Å². The fourth-order valence-electron chi connectivity index (χ4n) is 1.80. The van der Waals surface area contributed by atoms with E-state index in [2.05, 4.69) is 30.0 Å². The molecule has 0 atom stereocenters. The largest absolute Gasteiger partial charge is 0.385 e. The van der Waals surface area contributed by atoms with Crippen LogP contribution in [0, 0.1) is 6.92 Å². The molecule has 0 spiro atoms. The third-order valence-electron chi connectivity index (χ3n) is 2.86. The molecule has 1 fully saturated rings. The number of hydrogen-bond acceptors (Lipinski definition) is 2. The van der Waals surface area contributed by atoms with E-state index in [0.29, 0.717) is 0 Å². The Bertz CT molecular complexity index is 353. The van der Waals surface area contributed by atoms with Crippen LogP contribution in [-0.2, 0) is 5.60 Å². The van der Waals surface area contributed by atoms with Crippen molar-refractivity contribution in [2.75, 3.05) is 19.0 Å². The molecular weight excluding hydrogens is 174 g/mol. The van der Waals surface area contributed by atoms with Gasteiger partial charge in [-0.05, 0) is 25.8 Å². The Morgan fingerprint density at radius 1 is 1.29 bits per heavy atom. The molecule has 2 heteroatoms. The van der Waals surface area contributed by atoms with E-state index in [4.69, 9.17) is 0 Å². The molecule has 0 aromatic heterocycles. The average molecular weight is 191 g/mol. The zero-order valence-electron chi connectivity index (χ0n) is 9.04. The maximum absolute atomic E-state index is 10.1. The van der Waals surface area contributed by atoms with Crippen LogP contribution in [0.3, 0.4) is 0 Å². The van der Waals surface area contributed by atoms with E-state index in [1.165, 1.54) is 5.56 Å². The summed E-state index contributed by atoms with van der Waals surface area (Å²) in [6.07, 6.45) is 1.80. The predicted molar refractivity (Wildman–Crippen MR) is 58.6 cm³/mol. The van der Waals surface area contributed by atoms with Crippen molar-refractivity contribution in [3.8, 4) is 0 Å². The van der Waals surface area contributed by atoms with Crippen LogP contribution in [0.5, 0.6) is 0 Å². The van der Waals surface area contributed by atoms with Crippen LogP contribution < -0.4 is 4.90 Å². The third kappa shape index (κ3) is 1.50. The van der Waals surface area contributed by atoms with Gasteiger partial charge in [0.1, 0.15) is 0 Å². The number of rotatable bonds is 2. The highest BCUT2D eigenvalue weighted by Gasteiger charge is 2.43. The zero-order valence-corrected chi connectivity index (χ0v) is 9.04. The monoisotopic (exact) mass is 191 g/mol.